The van der Waals surface area contributed by atoms with E-state index >= 15 is 0 Å². The van der Waals surface area contributed by atoms with Gasteiger partial charge in [-0.3, -0.25) is 4.79 Å². The van der Waals surface area contributed by atoms with Crippen LogP contribution in [-0.2, 0) is 12.0 Å². The largest absolute Gasteiger partial charge is 0.497 e. The Morgan fingerprint density at radius 2 is 1.71 bits per heavy atom. The van der Waals surface area contributed by atoms with Gasteiger partial charge in [0, 0.05) is 35.3 Å². The van der Waals surface area contributed by atoms with E-state index in [0.29, 0.717) is 12.3 Å². The predicted octanol–water partition coefficient (Wildman–Crippen LogP) is 5.93. The molecule has 7 heteroatoms. The van der Waals surface area contributed by atoms with E-state index in [2.05, 4.69) is 28.8 Å². The first-order valence-electron chi connectivity index (χ1n) is 13.6. The number of para-hydroxylation sites is 1. The minimum atomic E-state index is -0.252. The maximum Gasteiger partial charge on any atom is 0.273 e. The second-order valence-corrected chi connectivity index (χ2v) is 11.5. The Labute approximate surface area is 222 Å². The molecule has 4 fully saturated rings. The third kappa shape index (κ3) is 4.10. The highest BCUT2D eigenvalue weighted by Crippen LogP contribution is 2.60. The molecule has 2 heterocycles. The molecule has 1 amide bonds. The lowest BCUT2D eigenvalue weighted by Gasteiger charge is -2.56. The Morgan fingerprint density at radius 1 is 1.03 bits per heavy atom. The maximum absolute atomic E-state index is 13.1. The highest BCUT2D eigenvalue weighted by molar-refractivity contribution is 5.93. The minimum absolute atomic E-state index is 0.129. The molecule has 0 aliphatic heterocycles. The van der Waals surface area contributed by atoms with E-state index in [-0.39, 0.29) is 17.0 Å². The van der Waals surface area contributed by atoms with Crippen molar-refractivity contribution in [1.29, 1.82) is 0 Å². The van der Waals surface area contributed by atoms with Gasteiger partial charge < -0.3 is 14.6 Å². The van der Waals surface area contributed by atoms with Gasteiger partial charge in [0.25, 0.3) is 5.91 Å². The molecule has 1 N–H and O–H groups in total. The number of nitrogens with zero attached hydrogens (tertiary/aromatic N) is 3. The molecule has 4 aromatic rings. The molecular weight excluding hydrogens is 476 g/mol. The van der Waals surface area contributed by atoms with Crippen LogP contribution in [0, 0.1) is 17.8 Å². The average molecular weight is 509 g/mol. The van der Waals surface area contributed by atoms with Crippen LogP contribution in [0.2, 0.25) is 0 Å². The second-order valence-electron chi connectivity index (χ2n) is 11.5. The van der Waals surface area contributed by atoms with Crippen molar-refractivity contribution in [2.24, 2.45) is 17.8 Å². The highest BCUT2D eigenvalue weighted by Gasteiger charge is 2.53. The summed E-state index contributed by atoms with van der Waals surface area (Å²) in [5, 5.41) is 12.3. The van der Waals surface area contributed by atoms with E-state index < -0.39 is 0 Å². The van der Waals surface area contributed by atoms with Gasteiger partial charge in [-0.05, 0) is 92.7 Å². The zero-order valence-corrected chi connectivity index (χ0v) is 21.6. The minimum Gasteiger partial charge on any atom is -0.497 e. The molecule has 2 aromatic carbocycles. The summed E-state index contributed by atoms with van der Waals surface area (Å²) in [7, 11) is 1.63. The van der Waals surface area contributed by atoms with Crippen LogP contribution in [0.25, 0.3) is 17.0 Å². The quantitative estimate of drug-likeness (QED) is 0.334. The zero-order valence-electron chi connectivity index (χ0n) is 21.6. The molecular formula is C31H32N4O3. The Bertz CT molecular complexity index is 1420. The summed E-state index contributed by atoms with van der Waals surface area (Å²) in [4.78, 5) is 13.1. The number of benzene rings is 2. The van der Waals surface area contributed by atoms with Gasteiger partial charge in [-0.1, -0.05) is 23.4 Å². The van der Waals surface area contributed by atoms with E-state index in [1.807, 2.05) is 47.1 Å². The number of nitrogens with one attached hydrogen (secondary N) is 1. The van der Waals surface area contributed by atoms with E-state index in [0.717, 1.165) is 40.3 Å². The lowest BCUT2D eigenvalue weighted by molar-refractivity contribution is -0.00777. The van der Waals surface area contributed by atoms with Crippen molar-refractivity contribution < 1.29 is 14.1 Å². The molecule has 2 aromatic heterocycles. The molecule has 38 heavy (non-hydrogen) atoms. The van der Waals surface area contributed by atoms with Crippen LogP contribution >= 0.6 is 0 Å². The Morgan fingerprint density at radius 3 is 2.37 bits per heavy atom. The summed E-state index contributed by atoms with van der Waals surface area (Å²) in [5.74, 6) is 3.50. The predicted molar refractivity (Wildman–Crippen MR) is 143 cm³/mol. The Hall–Kier alpha value is -3.87. The van der Waals surface area contributed by atoms with Crippen LogP contribution < -0.4 is 10.1 Å². The average Bonchev–Trinajstić information content (AvgIpc) is 3.60. The standard InChI is InChI=1S/C31H32N4O3/c1-37-26-9-7-23(8-10-26)28-14-27(34-38-28)30(36)32-18-24-19-35(25-5-3-2-4-6-25)33-29(24)31-15-20-11-21(16-31)13-22(12-20)17-31/h2-10,14,19-22H,11-13,15-18H2,1H3,(H,32,36). The smallest absolute Gasteiger partial charge is 0.273 e. The van der Waals surface area contributed by atoms with E-state index in [1.54, 1.807) is 13.2 Å². The second kappa shape index (κ2) is 9.15. The van der Waals surface area contributed by atoms with Gasteiger partial charge in [0.15, 0.2) is 11.5 Å². The number of rotatable bonds is 7. The molecule has 4 aliphatic carbocycles. The monoisotopic (exact) mass is 508 g/mol. The third-order valence-electron chi connectivity index (χ3n) is 8.91. The summed E-state index contributed by atoms with van der Waals surface area (Å²) in [6.45, 7) is 0.410. The zero-order chi connectivity index (χ0) is 25.7. The van der Waals surface area contributed by atoms with Crippen molar-refractivity contribution in [2.75, 3.05) is 7.11 Å². The molecule has 4 bridgehead atoms. The molecule has 0 radical (unpaired) electrons. The van der Waals surface area contributed by atoms with Crippen LogP contribution in [0.5, 0.6) is 5.75 Å². The highest BCUT2D eigenvalue weighted by atomic mass is 16.5. The van der Waals surface area contributed by atoms with Crippen LogP contribution in [0.3, 0.4) is 0 Å². The molecule has 194 valence electrons. The molecule has 8 rings (SSSR count). The summed E-state index contributed by atoms with van der Waals surface area (Å²) in [5.41, 5.74) is 4.55. The van der Waals surface area contributed by atoms with Gasteiger partial charge in [0.05, 0.1) is 18.5 Å². The Balaban J connectivity index is 1.15. The van der Waals surface area contributed by atoms with Crippen molar-refractivity contribution in [1.82, 2.24) is 20.3 Å². The topological polar surface area (TPSA) is 82.2 Å². The van der Waals surface area contributed by atoms with Gasteiger partial charge in [0.2, 0.25) is 0 Å². The number of aromatic nitrogens is 3. The molecule has 0 unspecified atom stereocenters. The normalized spacial score (nSPS) is 25.4. The lowest BCUT2D eigenvalue weighted by Crippen LogP contribution is -2.49. The molecule has 4 aliphatic rings. The summed E-state index contributed by atoms with van der Waals surface area (Å²) in [6.07, 6.45) is 9.92. The van der Waals surface area contributed by atoms with Crippen LogP contribution in [0.15, 0.2) is 71.4 Å². The summed E-state index contributed by atoms with van der Waals surface area (Å²) in [6, 6.07) is 19.4. The lowest BCUT2D eigenvalue weighted by atomic mass is 9.48. The SMILES string of the molecule is COc1ccc(-c2cc(C(=O)NCc3cn(-c4ccccc4)nc3C34CC5CC(CC(C5)C3)C4)no2)cc1. The number of ether oxygens (including phenoxy) is 1. The van der Waals surface area contributed by atoms with E-state index in [9.17, 15) is 4.79 Å². The van der Waals surface area contributed by atoms with Gasteiger partial charge >= 0.3 is 0 Å². The fourth-order valence-electron chi connectivity index (χ4n) is 7.64. The third-order valence-corrected chi connectivity index (χ3v) is 8.91. The molecule has 0 saturated heterocycles. The van der Waals surface area contributed by atoms with Crippen LogP contribution in [0.1, 0.15) is 60.3 Å². The first-order valence-corrected chi connectivity index (χ1v) is 13.6. The number of amides is 1. The number of carbonyl (C=O) groups excluding carboxylic acids is 1. The van der Waals surface area contributed by atoms with Crippen molar-refractivity contribution in [3.8, 4) is 22.8 Å². The maximum atomic E-state index is 13.1. The number of hydrogen-bond donors (Lipinski definition) is 1. The van der Waals surface area contributed by atoms with E-state index in [4.69, 9.17) is 14.4 Å². The Kier molecular flexibility index (Phi) is 5.60. The summed E-state index contributed by atoms with van der Waals surface area (Å²) < 4.78 is 12.7. The van der Waals surface area contributed by atoms with Crippen molar-refractivity contribution in [3.63, 3.8) is 0 Å². The fraction of sp³-hybridized carbons (Fsp3) is 0.387. The van der Waals surface area contributed by atoms with Crippen molar-refractivity contribution in [3.05, 3.63) is 83.8 Å². The number of methoxy groups -OCH3 is 1. The fourth-order valence-corrected chi connectivity index (χ4v) is 7.64. The van der Waals surface area contributed by atoms with Gasteiger partial charge in [-0.2, -0.15) is 5.10 Å². The number of carbonyl (C=O) groups is 1. The number of hydrogen-bond acceptors (Lipinski definition) is 5. The van der Waals surface area contributed by atoms with Crippen LogP contribution in [-0.4, -0.2) is 28.0 Å². The van der Waals surface area contributed by atoms with E-state index in [1.165, 1.54) is 44.2 Å². The molecule has 0 atom stereocenters. The summed E-state index contributed by atoms with van der Waals surface area (Å²) >= 11 is 0. The first kappa shape index (κ1) is 23.3. The van der Waals surface area contributed by atoms with Crippen LogP contribution in [0.4, 0.5) is 0 Å². The first-order chi connectivity index (χ1) is 18.6. The molecule has 0 spiro atoms. The van der Waals surface area contributed by atoms with Gasteiger partial charge in [0.1, 0.15) is 5.75 Å². The molecule has 7 nitrogen and oxygen atoms in total. The molecule has 4 saturated carbocycles. The van der Waals surface area contributed by atoms with Gasteiger partial charge in [-0.15, -0.1) is 0 Å². The van der Waals surface area contributed by atoms with Crippen molar-refractivity contribution in [2.45, 2.75) is 50.5 Å². The van der Waals surface area contributed by atoms with Gasteiger partial charge in [-0.25, -0.2) is 4.68 Å². The van der Waals surface area contributed by atoms with Crippen molar-refractivity contribution >= 4 is 5.91 Å².